The molecule has 0 atom stereocenters. The lowest BCUT2D eigenvalue weighted by Crippen LogP contribution is -1.92. The summed E-state index contributed by atoms with van der Waals surface area (Å²) in [6, 6.07) is 13.0. The van der Waals surface area contributed by atoms with E-state index in [1.807, 2.05) is 24.3 Å². The number of hydrogen-bond donors (Lipinski definition) is 0. The van der Waals surface area contributed by atoms with Crippen molar-refractivity contribution < 1.29 is 9.53 Å². The topological polar surface area (TPSA) is 39.2 Å². The molecule has 0 amide bonds. The van der Waals surface area contributed by atoms with Crippen molar-refractivity contribution in [1.82, 2.24) is 4.98 Å². The number of pyridine rings is 1. The summed E-state index contributed by atoms with van der Waals surface area (Å²) in [6.45, 7) is 1.55. The SMILES string of the molecule is COc1cccc(-c2ccc(C(C)=O)cc2)n1. The maximum atomic E-state index is 11.2. The molecule has 1 aromatic heterocycles. The zero-order chi connectivity index (χ0) is 12.3. The van der Waals surface area contributed by atoms with E-state index >= 15 is 0 Å². The summed E-state index contributed by atoms with van der Waals surface area (Å²) < 4.78 is 5.07. The molecule has 0 radical (unpaired) electrons. The van der Waals surface area contributed by atoms with Crippen LogP contribution in [0.25, 0.3) is 11.3 Å². The molecule has 1 aromatic carbocycles. The first kappa shape index (κ1) is 11.3. The van der Waals surface area contributed by atoms with E-state index in [1.165, 1.54) is 0 Å². The number of ketones is 1. The zero-order valence-electron chi connectivity index (χ0n) is 9.81. The van der Waals surface area contributed by atoms with Gasteiger partial charge in [0.15, 0.2) is 5.78 Å². The van der Waals surface area contributed by atoms with Crippen LogP contribution in [0.1, 0.15) is 17.3 Å². The van der Waals surface area contributed by atoms with Crippen molar-refractivity contribution in [2.75, 3.05) is 7.11 Å². The Morgan fingerprint density at radius 3 is 2.41 bits per heavy atom. The van der Waals surface area contributed by atoms with E-state index in [4.69, 9.17) is 4.74 Å². The highest BCUT2D eigenvalue weighted by atomic mass is 16.5. The Morgan fingerprint density at radius 1 is 1.12 bits per heavy atom. The van der Waals surface area contributed by atoms with E-state index < -0.39 is 0 Å². The average Bonchev–Trinajstić information content (AvgIpc) is 2.39. The third kappa shape index (κ3) is 2.50. The van der Waals surface area contributed by atoms with Crippen LogP contribution in [0.2, 0.25) is 0 Å². The molecule has 17 heavy (non-hydrogen) atoms. The first-order chi connectivity index (χ1) is 8.20. The molecule has 2 aromatic rings. The summed E-state index contributed by atoms with van der Waals surface area (Å²) >= 11 is 0. The molecular weight excluding hydrogens is 214 g/mol. The Bertz CT molecular complexity index is 532. The zero-order valence-corrected chi connectivity index (χ0v) is 9.81. The summed E-state index contributed by atoms with van der Waals surface area (Å²) in [5, 5.41) is 0. The van der Waals surface area contributed by atoms with Crippen molar-refractivity contribution in [3.8, 4) is 17.1 Å². The van der Waals surface area contributed by atoms with E-state index in [9.17, 15) is 4.79 Å². The lowest BCUT2D eigenvalue weighted by molar-refractivity contribution is 0.101. The van der Waals surface area contributed by atoms with E-state index in [2.05, 4.69) is 4.98 Å². The number of carbonyl (C=O) groups is 1. The number of rotatable bonds is 3. The number of Topliss-reactive ketones (excluding diaryl/α,β-unsaturated/α-hetero) is 1. The van der Waals surface area contributed by atoms with Gasteiger partial charge in [0.05, 0.1) is 12.8 Å². The molecule has 0 saturated carbocycles. The van der Waals surface area contributed by atoms with Gasteiger partial charge in [0.1, 0.15) is 0 Å². The lowest BCUT2D eigenvalue weighted by Gasteiger charge is -2.04. The maximum Gasteiger partial charge on any atom is 0.213 e. The Kier molecular flexibility index (Phi) is 3.19. The average molecular weight is 227 g/mol. The minimum Gasteiger partial charge on any atom is -0.481 e. The second-order valence-corrected chi connectivity index (χ2v) is 3.70. The Hall–Kier alpha value is -2.16. The second-order valence-electron chi connectivity index (χ2n) is 3.70. The molecule has 0 aliphatic rings. The summed E-state index contributed by atoms with van der Waals surface area (Å²) in [6.07, 6.45) is 0. The van der Waals surface area contributed by atoms with Gasteiger partial charge in [0, 0.05) is 17.2 Å². The molecule has 86 valence electrons. The Balaban J connectivity index is 2.36. The van der Waals surface area contributed by atoms with Crippen LogP contribution in [-0.2, 0) is 0 Å². The number of carbonyl (C=O) groups excluding carboxylic acids is 1. The molecule has 0 bridgehead atoms. The van der Waals surface area contributed by atoms with Gasteiger partial charge in [-0.2, -0.15) is 0 Å². The molecule has 0 unspecified atom stereocenters. The molecule has 0 saturated heterocycles. The minimum atomic E-state index is 0.0650. The predicted octanol–water partition coefficient (Wildman–Crippen LogP) is 2.96. The van der Waals surface area contributed by atoms with Crippen LogP contribution in [0.15, 0.2) is 42.5 Å². The summed E-state index contributed by atoms with van der Waals surface area (Å²) in [5.41, 5.74) is 2.50. The molecule has 0 N–H and O–H groups in total. The molecule has 2 rings (SSSR count). The normalized spacial score (nSPS) is 10.0. The van der Waals surface area contributed by atoms with Crippen molar-refractivity contribution in [3.63, 3.8) is 0 Å². The molecule has 3 nitrogen and oxygen atoms in total. The van der Waals surface area contributed by atoms with Gasteiger partial charge in [-0.05, 0) is 13.0 Å². The lowest BCUT2D eigenvalue weighted by atomic mass is 10.1. The number of methoxy groups -OCH3 is 1. The number of aromatic nitrogens is 1. The first-order valence-corrected chi connectivity index (χ1v) is 5.33. The van der Waals surface area contributed by atoms with Gasteiger partial charge in [-0.1, -0.05) is 30.3 Å². The van der Waals surface area contributed by atoms with Crippen LogP contribution >= 0.6 is 0 Å². The Morgan fingerprint density at radius 2 is 1.82 bits per heavy atom. The van der Waals surface area contributed by atoms with E-state index in [1.54, 1.807) is 32.2 Å². The van der Waals surface area contributed by atoms with Gasteiger partial charge >= 0.3 is 0 Å². The highest BCUT2D eigenvalue weighted by molar-refractivity contribution is 5.94. The first-order valence-electron chi connectivity index (χ1n) is 5.33. The predicted molar refractivity (Wildman–Crippen MR) is 66.2 cm³/mol. The summed E-state index contributed by atoms with van der Waals surface area (Å²) in [7, 11) is 1.59. The third-order valence-electron chi connectivity index (χ3n) is 2.52. The number of nitrogens with zero attached hydrogens (tertiary/aromatic N) is 1. The summed E-state index contributed by atoms with van der Waals surface area (Å²) in [5.74, 6) is 0.647. The van der Waals surface area contributed by atoms with E-state index in [0.29, 0.717) is 11.4 Å². The van der Waals surface area contributed by atoms with Crippen LogP contribution in [0.4, 0.5) is 0 Å². The molecule has 0 aliphatic heterocycles. The van der Waals surface area contributed by atoms with Crippen LogP contribution in [0.3, 0.4) is 0 Å². The van der Waals surface area contributed by atoms with Crippen LogP contribution in [-0.4, -0.2) is 17.9 Å². The highest BCUT2D eigenvalue weighted by Crippen LogP contribution is 2.20. The quantitative estimate of drug-likeness (QED) is 0.757. The molecule has 0 fully saturated rings. The number of hydrogen-bond acceptors (Lipinski definition) is 3. The van der Waals surface area contributed by atoms with Gasteiger partial charge in [-0.25, -0.2) is 4.98 Å². The van der Waals surface area contributed by atoms with Gasteiger partial charge in [0.2, 0.25) is 5.88 Å². The second kappa shape index (κ2) is 4.78. The molecular formula is C14H13NO2. The third-order valence-corrected chi connectivity index (χ3v) is 2.52. The fourth-order valence-electron chi connectivity index (χ4n) is 1.56. The van der Waals surface area contributed by atoms with Crippen molar-refractivity contribution in [1.29, 1.82) is 0 Å². The van der Waals surface area contributed by atoms with Gasteiger partial charge in [-0.15, -0.1) is 0 Å². The summed E-state index contributed by atoms with van der Waals surface area (Å²) in [4.78, 5) is 15.5. The molecule has 3 heteroatoms. The van der Waals surface area contributed by atoms with Gasteiger partial charge in [-0.3, -0.25) is 4.79 Å². The maximum absolute atomic E-state index is 11.2. The number of ether oxygens (including phenoxy) is 1. The number of benzene rings is 1. The monoisotopic (exact) mass is 227 g/mol. The standard InChI is InChI=1S/C14H13NO2/c1-10(16)11-6-8-12(9-7-11)13-4-3-5-14(15-13)17-2/h3-9H,1-2H3. The molecule has 0 aliphatic carbocycles. The minimum absolute atomic E-state index is 0.0650. The van der Waals surface area contributed by atoms with Crippen molar-refractivity contribution >= 4 is 5.78 Å². The molecule has 0 spiro atoms. The van der Waals surface area contributed by atoms with Gasteiger partial charge < -0.3 is 4.74 Å². The van der Waals surface area contributed by atoms with Crippen LogP contribution < -0.4 is 4.74 Å². The molecule has 1 heterocycles. The fourth-order valence-corrected chi connectivity index (χ4v) is 1.56. The van der Waals surface area contributed by atoms with Crippen molar-refractivity contribution in [2.45, 2.75) is 6.92 Å². The van der Waals surface area contributed by atoms with Crippen LogP contribution in [0.5, 0.6) is 5.88 Å². The largest absolute Gasteiger partial charge is 0.481 e. The van der Waals surface area contributed by atoms with E-state index in [0.717, 1.165) is 11.3 Å². The van der Waals surface area contributed by atoms with Crippen molar-refractivity contribution in [2.24, 2.45) is 0 Å². The highest BCUT2D eigenvalue weighted by Gasteiger charge is 2.03. The Labute approximate surface area is 100 Å². The fraction of sp³-hybridized carbons (Fsp3) is 0.143. The van der Waals surface area contributed by atoms with Crippen molar-refractivity contribution in [3.05, 3.63) is 48.0 Å². The van der Waals surface area contributed by atoms with Gasteiger partial charge in [0.25, 0.3) is 0 Å². The van der Waals surface area contributed by atoms with E-state index in [-0.39, 0.29) is 5.78 Å². The smallest absolute Gasteiger partial charge is 0.213 e. The van der Waals surface area contributed by atoms with Crippen LogP contribution in [0, 0.1) is 0 Å².